The molecule has 1 N–H and O–H groups in total. The van der Waals surface area contributed by atoms with Crippen LogP contribution in [0.1, 0.15) is 57.8 Å². The van der Waals surface area contributed by atoms with Crippen molar-refractivity contribution in [2.45, 2.75) is 69.0 Å². The quantitative estimate of drug-likeness (QED) is 0.663. The fraction of sp³-hybridized carbons (Fsp3) is 0.786. The molecule has 88 valence electrons. The summed E-state index contributed by atoms with van der Waals surface area (Å²) in [6, 6.07) is 0. The average molecular weight is 218 g/mol. The van der Waals surface area contributed by atoms with Gasteiger partial charge in [0, 0.05) is 11.8 Å². The molecule has 2 atom stereocenters. The van der Waals surface area contributed by atoms with Gasteiger partial charge in [0.1, 0.15) is 5.66 Å². The van der Waals surface area contributed by atoms with Crippen LogP contribution in [-0.4, -0.2) is 17.4 Å². The molecule has 0 aromatic carbocycles. The molecule has 3 aliphatic rings. The maximum Gasteiger partial charge on any atom is 0.111 e. The molecule has 3 heterocycles. The summed E-state index contributed by atoms with van der Waals surface area (Å²) in [6.07, 6.45) is 18.5. The molecule has 0 aromatic rings. The molecule has 2 heteroatoms. The second-order valence-electron chi connectivity index (χ2n) is 5.72. The third-order valence-corrected chi connectivity index (χ3v) is 4.50. The third-order valence-electron chi connectivity index (χ3n) is 4.50. The van der Waals surface area contributed by atoms with Crippen LogP contribution >= 0.6 is 0 Å². The summed E-state index contributed by atoms with van der Waals surface area (Å²) < 4.78 is 0. The molecule has 2 fully saturated rings. The standard InChI is InChI=1S/C14H22N2/c1-2-4-7-13-8-6-12-15-14(16-13,11-10-13)9-5-3-1/h6,8,12,16H,1-5,7,9-11H2. The van der Waals surface area contributed by atoms with Gasteiger partial charge in [-0.3, -0.25) is 10.3 Å². The molecule has 0 spiro atoms. The Morgan fingerprint density at radius 2 is 1.69 bits per heavy atom. The largest absolute Gasteiger partial charge is 0.284 e. The molecule has 0 radical (unpaired) electrons. The fourth-order valence-corrected chi connectivity index (χ4v) is 3.56. The van der Waals surface area contributed by atoms with E-state index in [9.17, 15) is 0 Å². The van der Waals surface area contributed by atoms with E-state index in [1.54, 1.807) is 0 Å². The molecule has 0 amide bonds. The van der Waals surface area contributed by atoms with E-state index in [0.717, 1.165) is 0 Å². The van der Waals surface area contributed by atoms with E-state index in [1.807, 2.05) is 6.21 Å². The minimum Gasteiger partial charge on any atom is -0.284 e. The zero-order valence-electron chi connectivity index (χ0n) is 10.0. The predicted octanol–water partition coefficient (Wildman–Crippen LogP) is 3.19. The molecule has 3 aliphatic heterocycles. The van der Waals surface area contributed by atoms with Crippen LogP contribution in [0, 0.1) is 0 Å². The first-order valence-electron chi connectivity index (χ1n) is 6.85. The molecule has 2 bridgehead atoms. The van der Waals surface area contributed by atoms with Crippen molar-refractivity contribution < 1.29 is 0 Å². The highest BCUT2D eigenvalue weighted by atomic mass is 15.2. The van der Waals surface area contributed by atoms with Crippen LogP contribution in [0.5, 0.6) is 0 Å². The summed E-state index contributed by atoms with van der Waals surface area (Å²) >= 11 is 0. The smallest absolute Gasteiger partial charge is 0.111 e. The van der Waals surface area contributed by atoms with Gasteiger partial charge >= 0.3 is 0 Å². The Bertz CT molecular complexity index is 291. The molecule has 0 aromatic heterocycles. The van der Waals surface area contributed by atoms with Crippen LogP contribution in [-0.2, 0) is 0 Å². The number of nitrogens with one attached hydrogen (secondary N) is 1. The van der Waals surface area contributed by atoms with Crippen LogP contribution in [0.15, 0.2) is 17.1 Å². The van der Waals surface area contributed by atoms with Crippen LogP contribution in [0.3, 0.4) is 0 Å². The SMILES string of the molecule is C1=CC23CCCCCCCC(CC2)(N=C1)N3. The Morgan fingerprint density at radius 1 is 0.875 bits per heavy atom. The zero-order valence-corrected chi connectivity index (χ0v) is 10.0. The Hall–Kier alpha value is -0.630. The minimum atomic E-state index is 0.0842. The first-order valence-corrected chi connectivity index (χ1v) is 6.85. The summed E-state index contributed by atoms with van der Waals surface area (Å²) in [4.78, 5) is 4.78. The van der Waals surface area contributed by atoms with Gasteiger partial charge in [0.25, 0.3) is 0 Å². The summed E-state index contributed by atoms with van der Waals surface area (Å²) in [7, 11) is 0. The Morgan fingerprint density at radius 3 is 2.62 bits per heavy atom. The van der Waals surface area contributed by atoms with Gasteiger partial charge in [0.15, 0.2) is 0 Å². The van der Waals surface area contributed by atoms with Gasteiger partial charge in [-0.05, 0) is 38.2 Å². The van der Waals surface area contributed by atoms with E-state index in [0.29, 0.717) is 0 Å². The van der Waals surface area contributed by atoms with Crippen LogP contribution in [0.2, 0.25) is 0 Å². The lowest BCUT2D eigenvalue weighted by molar-refractivity contribution is 0.289. The number of aliphatic imine (C=N–C) groups is 1. The lowest BCUT2D eigenvalue weighted by Crippen LogP contribution is -2.48. The average Bonchev–Trinajstić information content (AvgIpc) is 2.51. The monoisotopic (exact) mass is 218 g/mol. The first-order chi connectivity index (χ1) is 7.83. The molecule has 2 nitrogen and oxygen atoms in total. The van der Waals surface area contributed by atoms with Crippen LogP contribution in [0.4, 0.5) is 0 Å². The summed E-state index contributed by atoms with van der Waals surface area (Å²) in [6.45, 7) is 0. The van der Waals surface area contributed by atoms with E-state index >= 15 is 0 Å². The molecule has 16 heavy (non-hydrogen) atoms. The molecule has 2 unspecified atom stereocenters. The molecule has 3 rings (SSSR count). The first kappa shape index (κ1) is 10.5. The van der Waals surface area contributed by atoms with Gasteiger partial charge in [-0.15, -0.1) is 0 Å². The van der Waals surface area contributed by atoms with E-state index in [4.69, 9.17) is 4.99 Å². The van der Waals surface area contributed by atoms with E-state index < -0.39 is 0 Å². The highest BCUT2D eigenvalue weighted by Gasteiger charge is 2.45. The maximum atomic E-state index is 4.78. The van der Waals surface area contributed by atoms with Gasteiger partial charge in [0.2, 0.25) is 0 Å². The van der Waals surface area contributed by atoms with Crippen molar-refractivity contribution in [1.29, 1.82) is 0 Å². The van der Waals surface area contributed by atoms with Gasteiger partial charge in [-0.1, -0.05) is 31.8 Å². The van der Waals surface area contributed by atoms with Crippen molar-refractivity contribution in [2.75, 3.05) is 0 Å². The molecule has 2 saturated heterocycles. The Balaban J connectivity index is 1.88. The van der Waals surface area contributed by atoms with E-state index in [2.05, 4.69) is 17.5 Å². The van der Waals surface area contributed by atoms with Gasteiger partial charge in [-0.25, -0.2) is 0 Å². The lowest BCUT2D eigenvalue weighted by atomic mass is 9.90. The Labute approximate surface area is 98.2 Å². The van der Waals surface area contributed by atoms with Crippen LogP contribution in [0.25, 0.3) is 0 Å². The highest BCUT2D eigenvalue weighted by Crippen LogP contribution is 2.41. The maximum absolute atomic E-state index is 4.78. The summed E-state index contributed by atoms with van der Waals surface area (Å²) in [5.74, 6) is 0. The van der Waals surface area contributed by atoms with Gasteiger partial charge in [0.05, 0.1) is 0 Å². The third kappa shape index (κ3) is 1.84. The fourth-order valence-electron chi connectivity index (χ4n) is 3.56. The van der Waals surface area contributed by atoms with Crippen molar-refractivity contribution in [1.82, 2.24) is 5.32 Å². The van der Waals surface area contributed by atoms with E-state index in [1.165, 1.54) is 57.8 Å². The predicted molar refractivity (Wildman–Crippen MR) is 67.8 cm³/mol. The zero-order chi connectivity index (χ0) is 10.9. The number of nitrogens with zero attached hydrogens (tertiary/aromatic N) is 1. The number of rotatable bonds is 0. The molecule has 0 aliphatic carbocycles. The van der Waals surface area contributed by atoms with Crippen molar-refractivity contribution >= 4 is 6.21 Å². The second-order valence-corrected chi connectivity index (χ2v) is 5.72. The summed E-state index contributed by atoms with van der Waals surface area (Å²) in [5, 5.41) is 3.86. The molecular formula is C14H22N2. The Kier molecular flexibility index (Phi) is 2.62. The number of hydrogen-bond acceptors (Lipinski definition) is 2. The minimum absolute atomic E-state index is 0.0842. The molecular weight excluding hydrogens is 196 g/mol. The van der Waals surface area contributed by atoms with Crippen molar-refractivity contribution in [2.24, 2.45) is 4.99 Å². The number of allylic oxidation sites excluding steroid dienone is 1. The normalized spacial score (nSPS) is 43.0. The van der Waals surface area contributed by atoms with E-state index in [-0.39, 0.29) is 11.2 Å². The van der Waals surface area contributed by atoms with Crippen LogP contribution < -0.4 is 5.32 Å². The van der Waals surface area contributed by atoms with Crippen molar-refractivity contribution in [3.05, 3.63) is 12.2 Å². The van der Waals surface area contributed by atoms with Crippen molar-refractivity contribution in [3.8, 4) is 0 Å². The topological polar surface area (TPSA) is 24.4 Å². The summed E-state index contributed by atoms with van der Waals surface area (Å²) in [5.41, 5.74) is 0.356. The van der Waals surface area contributed by atoms with Crippen molar-refractivity contribution in [3.63, 3.8) is 0 Å². The van der Waals surface area contributed by atoms with Gasteiger partial charge < -0.3 is 0 Å². The van der Waals surface area contributed by atoms with Gasteiger partial charge in [-0.2, -0.15) is 0 Å². The molecule has 0 saturated carbocycles. The number of hydrogen-bond donors (Lipinski definition) is 1. The highest BCUT2D eigenvalue weighted by molar-refractivity contribution is 5.72. The lowest BCUT2D eigenvalue weighted by Gasteiger charge is -2.32. The second kappa shape index (κ2) is 3.99.